The van der Waals surface area contributed by atoms with Gasteiger partial charge in [0.1, 0.15) is 16.2 Å². The van der Waals surface area contributed by atoms with Crippen LogP contribution >= 0.6 is 15.9 Å². The molecule has 1 saturated heterocycles. The molecule has 0 spiro atoms. The molecule has 10 nitrogen and oxygen atoms in total. The Morgan fingerprint density at radius 3 is 2.31 bits per heavy atom. The SMILES string of the molecule is CCOC(=O)c1ccc(N2C(=O)NC(=O)/C(=C\c3cc(Br)ccc3OS(=O)(=O)c3ccc(C)cc3)C2=O)cc1. The first-order chi connectivity index (χ1) is 18.5. The lowest BCUT2D eigenvalue weighted by Crippen LogP contribution is -2.54. The number of barbiturate groups is 1. The molecule has 3 aromatic carbocycles. The molecule has 200 valence electrons. The number of amides is 4. The number of nitrogens with one attached hydrogen (secondary N) is 1. The van der Waals surface area contributed by atoms with Gasteiger partial charge < -0.3 is 8.92 Å². The predicted octanol–water partition coefficient (Wildman–Crippen LogP) is 4.37. The highest BCUT2D eigenvalue weighted by Crippen LogP contribution is 2.30. The molecule has 0 bridgehead atoms. The van der Waals surface area contributed by atoms with Crippen LogP contribution in [0, 0.1) is 6.92 Å². The number of aryl methyl sites for hydroxylation is 1. The third kappa shape index (κ3) is 6.07. The van der Waals surface area contributed by atoms with E-state index in [4.69, 9.17) is 8.92 Å². The molecule has 0 aromatic heterocycles. The lowest BCUT2D eigenvalue weighted by Gasteiger charge is -2.26. The van der Waals surface area contributed by atoms with Crippen LogP contribution in [0.15, 0.2) is 81.7 Å². The lowest BCUT2D eigenvalue weighted by atomic mass is 10.1. The maximum atomic E-state index is 13.3. The van der Waals surface area contributed by atoms with Crippen molar-refractivity contribution in [2.24, 2.45) is 0 Å². The maximum Gasteiger partial charge on any atom is 0.339 e. The molecule has 39 heavy (non-hydrogen) atoms. The van der Waals surface area contributed by atoms with Crippen molar-refractivity contribution in [3.63, 3.8) is 0 Å². The van der Waals surface area contributed by atoms with Crippen molar-refractivity contribution < 1.29 is 36.5 Å². The van der Waals surface area contributed by atoms with Gasteiger partial charge in [0, 0.05) is 10.0 Å². The topological polar surface area (TPSA) is 136 Å². The summed E-state index contributed by atoms with van der Waals surface area (Å²) in [6.45, 7) is 3.65. The number of urea groups is 1. The Kier molecular flexibility index (Phi) is 7.98. The smallest absolute Gasteiger partial charge is 0.339 e. The van der Waals surface area contributed by atoms with E-state index in [9.17, 15) is 27.6 Å². The lowest BCUT2D eigenvalue weighted by molar-refractivity contribution is -0.122. The van der Waals surface area contributed by atoms with Gasteiger partial charge in [-0.3, -0.25) is 14.9 Å². The van der Waals surface area contributed by atoms with E-state index in [1.54, 1.807) is 19.1 Å². The number of imide groups is 2. The summed E-state index contributed by atoms with van der Waals surface area (Å²) < 4.78 is 36.6. The van der Waals surface area contributed by atoms with Crippen LogP contribution in [0.3, 0.4) is 0 Å². The Morgan fingerprint density at radius 1 is 1.00 bits per heavy atom. The first-order valence-electron chi connectivity index (χ1n) is 11.5. The molecule has 1 N–H and O–H groups in total. The van der Waals surface area contributed by atoms with Gasteiger partial charge in [0.2, 0.25) is 0 Å². The third-order valence-corrected chi connectivity index (χ3v) is 7.26. The quantitative estimate of drug-likeness (QED) is 0.180. The maximum absolute atomic E-state index is 13.3. The van der Waals surface area contributed by atoms with E-state index in [1.165, 1.54) is 54.6 Å². The van der Waals surface area contributed by atoms with E-state index in [-0.39, 0.29) is 34.1 Å². The highest BCUT2D eigenvalue weighted by Gasteiger charge is 2.37. The van der Waals surface area contributed by atoms with Gasteiger partial charge in [-0.1, -0.05) is 33.6 Å². The molecule has 0 atom stereocenters. The Hall–Kier alpha value is -4.29. The van der Waals surface area contributed by atoms with E-state index >= 15 is 0 Å². The Bertz CT molecular complexity index is 1610. The summed E-state index contributed by atoms with van der Waals surface area (Å²) in [6, 6.07) is 14.9. The standard InChI is InChI=1S/C27H21BrN2O8S/c1-3-37-26(33)17-6-9-20(10-7-17)30-25(32)22(24(31)29-27(30)34)15-18-14-19(28)8-13-23(18)38-39(35,36)21-11-4-16(2)5-12-21/h4-15H,3H2,1-2H3,(H,29,31,34)/b22-15+. The van der Waals surface area contributed by atoms with Crippen molar-refractivity contribution in [2.75, 3.05) is 11.5 Å². The molecule has 3 aromatic rings. The van der Waals surface area contributed by atoms with Crippen molar-refractivity contribution in [3.05, 3.63) is 93.5 Å². The van der Waals surface area contributed by atoms with Gasteiger partial charge in [-0.15, -0.1) is 0 Å². The molecule has 4 amide bonds. The van der Waals surface area contributed by atoms with Gasteiger partial charge in [-0.25, -0.2) is 14.5 Å². The van der Waals surface area contributed by atoms with Crippen molar-refractivity contribution in [3.8, 4) is 5.75 Å². The number of anilines is 1. The van der Waals surface area contributed by atoms with Crippen LogP contribution in [-0.2, 0) is 24.4 Å². The number of hydrogen-bond donors (Lipinski definition) is 1. The van der Waals surface area contributed by atoms with Gasteiger partial charge in [0.05, 0.1) is 17.9 Å². The van der Waals surface area contributed by atoms with Crippen molar-refractivity contribution in [1.29, 1.82) is 0 Å². The number of benzene rings is 3. The Labute approximate surface area is 232 Å². The Balaban J connectivity index is 1.69. The van der Waals surface area contributed by atoms with Crippen molar-refractivity contribution in [2.45, 2.75) is 18.7 Å². The number of esters is 1. The number of ether oxygens (including phenoxy) is 1. The molecule has 0 radical (unpaired) electrons. The minimum absolute atomic E-state index is 0.0795. The van der Waals surface area contributed by atoms with E-state index in [0.717, 1.165) is 16.5 Å². The largest absolute Gasteiger partial charge is 0.462 e. The minimum Gasteiger partial charge on any atom is -0.462 e. The van der Waals surface area contributed by atoms with Gasteiger partial charge in [0.25, 0.3) is 11.8 Å². The summed E-state index contributed by atoms with van der Waals surface area (Å²) in [5.74, 6) is -2.65. The molecule has 1 heterocycles. The predicted molar refractivity (Wildman–Crippen MR) is 145 cm³/mol. The number of nitrogens with zero attached hydrogens (tertiary/aromatic N) is 1. The third-order valence-electron chi connectivity index (χ3n) is 5.52. The number of rotatable bonds is 7. The van der Waals surface area contributed by atoms with Gasteiger partial charge in [-0.05, 0) is 74.5 Å². The molecule has 0 saturated carbocycles. The number of hydrogen-bond acceptors (Lipinski definition) is 8. The zero-order chi connectivity index (χ0) is 28.3. The second kappa shape index (κ2) is 11.2. The molecule has 1 fully saturated rings. The summed E-state index contributed by atoms with van der Waals surface area (Å²) in [5, 5.41) is 2.10. The van der Waals surface area contributed by atoms with E-state index < -0.39 is 39.5 Å². The number of carbonyl (C=O) groups is 4. The normalized spacial score (nSPS) is 14.8. The van der Waals surface area contributed by atoms with Crippen LogP contribution < -0.4 is 14.4 Å². The molecule has 0 unspecified atom stereocenters. The average Bonchev–Trinajstić information content (AvgIpc) is 2.88. The molecule has 1 aliphatic rings. The van der Waals surface area contributed by atoms with Crippen LogP contribution in [0.2, 0.25) is 0 Å². The monoisotopic (exact) mass is 612 g/mol. The second-order valence-corrected chi connectivity index (χ2v) is 10.7. The second-order valence-electron chi connectivity index (χ2n) is 8.26. The molecule has 4 rings (SSSR count). The van der Waals surface area contributed by atoms with Crippen molar-refractivity contribution >= 4 is 61.6 Å². The van der Waals surface area contributed by atoms with Crippen LogP contribution in [0.25, 0.3) is 6.08 Å². The summed E-state index contributed by atoms with van der Waals surface area (Å²) in [4.78, 5) is 51.1. The number of carbonyl (C=O) groups excluding carboxylic acids is 4. The van der Waals surface area contributed by atoms with E-state index in [2.05, 4.69) is 21.2 Å². The highest BCUT2D eigenvalue weighted by atomic mass is 79.9. The van der Waals surface area contributed by atoms with Crippen LogP contribution in [0.5, 0.6) is 5.75 Å². The zero-order valence-electron chi connectivity index (χ0n) is 20.6. The molecular formula is C27H21BrN2O8S. The summed E-state index contributed by atoms with van der Waals surface area (Å²) in [7, 11) is -4.24. The van der Waals surface area contributed by atoms with Gasteiger partial charge >= 0.3 is 22.1 Å². The average molecular weight is 613 g/mol. The zero-order valence-corrected chi connectivity index (χ0v) is 23.0. The first-order valence-corrected chi connectivity index (χ1v) is 13.7. The fourth-order valence-corrected chi connectivity index (χ4v) is 4.92. The highest BCUT2D eigenvalue weighted by molar-refractivity contribution is 9.10. The molecule has 12 heteroatoms. The van der Waals surface area contributed by atoms with Gasteiger partial charge in [-0.2, -0.15) is 8.42 Å². The molecule has 0 aliphatic carbocycles. The van der Waals surface area contributed by atoms with Crippen LogP contribution in [0.1, 0.15) is 28.4 Å². The summed E-state index contributed by atoms with van der Waals surface area (Å²) >= 11 is 3.29. The first kappa shape index (κ1) is 27.7. The van der Waals surface area contributed by atoms with Crippen LogP contribution in [-0.4, -0.2) is 38.8 Å². The fraction of sp³-hybridized carbons (Fsp3) is 0.111. The fourth-order valence-electron chi connectivity index (χ4n) is 3.59. The van der Waals surface area contributed by atoms with Gasteiger partial charge in [0.15, 0.2) is 0 Å². The summed E-state index contributed by atoms with van der Waals surface area (Å²) in [5.41, 5.74) is 0.810. The minimum atomic E-state index is -4.24. The van der Waals surface area contributed by atoms with Crippen molar-refractivity contribution in [1.82, 2.24) is 5.32 Å². The van der Waals surface area contributed by atoms with E-state index in [0.29, 0.717) is 4.47 Å². The number of halogens is 1. The van der Waals surface area contributed by atoms with E-state index in [1.807, 2.05) is 6.92 Å². The molecular weight excluding hydrogens is 592 g/mol. The Morgan fingerprint density at radius 2 is 1.67 bits per heavy atom. The molecule has 1 aliphatic heterocycles. The van der Waals surface area contributed by atoms with Crippen LogP contribution in [0.4, 0.5) is 10.5 Å². The summed E-state index contributed by atoms with van der Waals surface area (Å²) in [6.07, 6.45) is 1.13.